The van der Waals surface area contributed by atoms with Crippen molar-refractivity contribution in [2.45, 2.75) is 25.2 Å². The number of aromatic nitrogens is 1. The molecule has 1 fully saturated rings. The highest BCUT2D eigenvalue weighted by molar-refractivity contribution is 5.12. The molecule has 1 atom stereocenters. The fraction of sp³-hybridized carbons (Fsp3) is 0.667. The molecule has 13 heavy (non-hydrogen) atoms. The third kappa shape index (κ3) is 1.54. The Morgan fingerprint density at radius 2 is 2.46 bits per heavy atom. The summed E-state index contributed by atoms with van der Waals surface area (Å²) < 4.78 is 5.13. The fourth-order valence-corrected chi connectivity index (χ4v) is 1.85. The third-order valence-corrected chi connectivity index (χ3v) is 2.72. The predicted octanol–water partition coefficient (Wildman–Crippen LogP) is 0.609. The Bertz CT molecular complexity index is 333. The number of aromatic amines is 1. The second kappa shape index (κ2) is 3.03. The molecule has 0 radical (unpaired) electrons. The van der Waals surface area contributed by atoms with Crippen molar-refractivity contribution in [2.75, 3.05) is 13.1 Å². The molecule has 0 bridgehead atoms. The quantitative estimate of drug-likeness (QED) is 0.669. The molecule has 2 heterocycles. The molecule has 1 aromatic rings. The average Bonchev–Trinajstić information content (AvgIpc) is 2.54. The second-order valence-corrected chi connectivity index (χ2v) is 3.92. The molecule has 0 saturated carbocycles. The van der Waals surface area contributed by atoms with Crippen molar-refractivity contribution in [1.82, 2.24) is 10.5 Å². The molecule has 4 nitrogen and oxygen atoms in total. The van der Waals surface area contributed by atoms with Gasteiger partial charge < -0.3 is 9.84 Å². The largest absolute Gasteiger partial charge is 0.383 e. The maximum Gasteiger partial charge on any atom is 0.280 e. The van der Waals surface area contributed by atoms with Crippen LogP contribution in [-0.2, 0) is 5.41 Å². The first-order chi connectivity index (χ1) is 6.21. The monoisotopic (exact) mass is 182 g/mol. The van der Waals surface area contributed by atoms with Crippen LogP contribution in [0.3, 0.4) is 0 Å². The summed E-state index contributed by atoms with van der Waals surface area (Å²) in [6.07, 6.45) is 2.20. The Morgan fingerprint density at radius 3 is 3.00 bits per heavy atom. The van der Waals surface area contributed by atoms with Gasteiger partial charge in [0.05, 0.1) is 0 Å². The molecule has 2 rings (SSSR count). The van der Waals surface area contributed by atoms with Crippen LogP contribution in [-0.4, -0.2) is 18.2 Å². The summed E-state index contributed by atoms with van der Waals surface area (Å²) in [5.41, 5.74) is -0.168. The molecule has 0 aliphatic carbocycles. The first kappa shape index (κ1) is 8.56. The number of nitrogens with one attached hydrogen (secondary N) is 2. The van der Waals surface area contributed by atoms with Crippen LogP contribution < -0.4 is 10.9 Å². The minimum absolute atomic E-state index is 0.0165. The van der Waals surface area contributed by atoms with Crippen LogP contribution in [0, 0.1) is 0 Å². The summed E-state index contributed by atoms with van der Waals surface area (Å²) in [7, 11) is 0. The zero-order valence-electron chi connectivity index (χ0n) is 7.72. The highest BCUT2D eigenvalue weighted by atomic mass is 16.5. The van der Waals surface area contributed by atoms with Gasteiger partial charge in [-0.05, 0) is 19.4 Å². The first-order valence-electron chi connectivity index (χ1n) is 4.60. The van der Waals surface area contributed by atoms with E-state index in [-0.39, 0.29) is 11.0 Å². The standard InChI is InChI=1S/C9H14N2O2/c1-9(3-2-4-10-6-9)7-5-8(12)11-13-7/h5,10H,2-4,6H2,1H3,(H,11,12). The van der Waals surface area contributed by atoms with Crippen molar-refractivity contribution in [3.8, 4) is 0 Å². The predicted molar refractivity (Wildman–Crippen MR) is 48.8 cm³/mol. The Labute approximate surface area is 76.3 Å². The summed E-state index contributed by atoms with van der Waals surface area (Å²) in [6, 6.07) is 1.55. The minimum Gasteiger partial charge on any atom is -0.383 e. The van der Waals surface area contributed by atoms with Gasteiger partial charge in [-0.15, -0.1) is 0 Å². The molecule has 1 saturated heterocycles. The van der Waals surface area contributed by atoms with Crippen molar-refractivity contribution in [3.63, 3.8) is 0 Å². The Balaban J connectivity index is 2.27. The van der Waals surface area contributed by atoms with Gasteiger partial charge in [0.1, 0.15) is 5.76 Å². The lowest BCUT2D eigenvalue weighted by Gasteiger charge is -2.31. The molecule has 1 aliphatic rings. The van der Waals surface area contributed by atoms with E-state index in [0.717, 1.165) is 31.7 Å². The van der Waals surface area contributed by atoms with Crippen molar-refractivity contribution in [3.05, 3.63) is 22.2 Å². The van der Waals surface area contributed by atoms with E-state index in [1.807, 2.05) is 0 Å². The molecule has 0 amide bonds. The van der Waals surface area contributed by atoms with Crippen LogP contribution in [0.5, 0.6) is 0 Å². The van der Waals surface area contributed by atoms with E-state index >= 15 is 0 Å². The van der Waals surface area contributed by atoms with Gasteiger partial charge in [-0.25, -0.2) is 0 Å². The summed E-state index contributed by atoms with van der Waals surface area (Å²) in [6.45, 7) is 4.06. The van der Waals surface area contributed by atoms with E-state index in [9.17, 15) is 4.79 Å². The highest BCUT2D eigenvalue weighted by Crippen LogP contribution is 2.29. The lowest BCUT2D eigenvalue weighted by molar-refractivity contribution is 0.252. The third-order valence-electron chi connectivity index (χ3n) is 2.72. The zero-order chi connectivity index (χ0) is 9.31. The molecule has 1 aromatic heterocycles. The smallest absolute Gasteiger partial charge is 0.280 e. The number of piperidine rings is 1. The van der Waals surface area contributed by atoms with Gasteiger partial charge in [-0.2, -0.15) is 5.16 Å². The van der Waals surface area contributed by atoms with E-state index in [1.165, 1.54) is 0 Å². The van der Waals surface area contributed by atoms with E-state index in [0.29, 0.717) is 0 Å². The number of H-pyrrole nitrogens is 1. The average molecular weight is 182 g/mol. The van der Waals surface area contributed by atoms with Crippen LogP contribution in [0.2, 0.25) is 0 Å². The van der Waals surface area contributed by atoms with E-state index in [1.54, 1.807) is 6.07 Å². The van der Waals surface area contributed by atoms with Crippen LogP contribution in [0.15, 0.2) is 15.4 Å². The van der Waals surface area contributed by atoms with Gasteiger partial charge in [0.15, 0.2) is 0 Å². The Morgan fingerprint density at radius 1 is 1.62 bits per heavy atom. The van der Waals surface area contributed by atoms with Gasteiger partial charge in [0, 0.05) is 18.0 Å². The molecular formula is C9H14N2O2. The molecule has 0 aromatic carbocycles. The molecule has 4 heteroatoms. The van der Waals surface area contributed by atoms with E-state index < -0.39 is 0 Å². The maximum absolute atomic E-state index is 10.9. The van der Waals surface area contributed by atoms with Crippen molar-refractivity contribution in [1.29, 1.82) is 0 Å². The molecule has 2 N–H and O–H groups in total. The van der Waals surface area contributed by atoms with E-state index in [2.05, 4.69) is 17.4 Å². The van der Waals surface area contributed by atoms with Crippen LogP contribution in [0.25, 0.3) is 0 Å². The topological polar surface area (TPSA) is 58.0 Å². The summed E-state index contributed by atoms with van der Waals surface area (Å²) in [5.74, 6) is 0.768. The Kier molecular flexibility index (Phi) is 2.00. The summed E-state index contributed by atoms with van der Waals surface area (Å²) in [4.78, 5) is 10.9. The molecule has 0 spiro atoms. The fourth-order valence-electron chi connectivity index (χ4n) is 1.85. The highest BCUT2D eigenvalue weighted by Gasteiger charge is 2.32. The second-order valence-electron chi connectivity index (χ2n) is 3.92. The van der Waals surface area contributed by atoms with Gasteiger partial charge in [-0.1, -0.05) is 6.92 Å². The number of hydrogen-bond acceptors (Lipinski definition) is 3. The van der Waals surface area contributed by atoms with Gasteiger partial charge >= 0.3 is 0 Å². The van der Waals surface area contributed by atoms with Gasteiger partial charge in [-0.3, -0.25) is 4.79 Å². The van der Waals surface area contributed by atoms with Gasteiger partial charge in [0.2, 0.25) is 0 Å². The number of hydrogen-bond donors (Lipinski definition) is 2. The van der Waals surface area contributed by atoms with Gasteiger partial charge in [0.25, 0.3) is 5.56 Å². The summed E-state index contributed by atoms with van der Waals surface area (Å²) >= 11 is 0. The lowest BCUT2D eigenvalue weighted by Crippen LogP contribution is -2.40. The number of rotatable bonds is 1. The van der Waals surface area contributed by atoms with Crippen molar-refractivity contribution >= 4 is 0 Å². The molecule has 72 valence electrons. The van der Waals surface area contributed by atoms with Crippen LogP contribution >= 0.6 is 0 Å². The first-order valence-corrected chi connectivity index (χ1v) is 4.60. The normalized spacial score (nSPS) is 29.0. The molecule has 1 aliphatic heterocycles. The zero-order valence-corrected chi connectivity index (χ0v) is 7.72. The minimum atomic E-state index is -0.151. The summed E-state index contributed by atoms with van der Waals surface area (Å²) in [5, 5.41) is 5.64. The Hall–Kier alpha value is -1.03. The van der Waals surface area contributed by atoms with Crippen LogP contribution in [0.1, 0.15) is 25.5 Å². The molecular weight excluding hydrogens is 168 g/mol. The molecule has 1 unspecified atom stereocenters. The SMILES string of the molecule is CC1(c2cc(=O)[nH]o2)CCCNC1. The van der Waals surface area contributed by atoms with Crippen LogP contribution in [0.4, 0.5) is 0 Å². The van der Waals surface area contributed by atoms with Crippen molar-refractivity contribution < 1.29 is 4.52 Å². The lowest BCUT2D eigenvalue weighted by atomic mass is 9.80. The maximum atomic E-state index is 10.9. The van der Waals surface area contributed by atoms with E-state index in [4.69, 9.17) is 4.52 Å². The van der Waals surface area contributed by atoms with Crippen molar-refractivity contribution in [2.24, 2.45) is 0 Å².